The second-order valence-electron chi connectivity index (χ2n) is 7.30. The van der Waals surface area contributed by atoms with E-state index < -0.39 is 16.8 Å². The van der Waals surface area contributed by atoms with Crippen LogP contribution in [0, 0.1) is 16.1 Å². The zero-order valence-corrected chi connectivity index (χ0v) is 17.2. The predicted octanol–water partition coefficient (Wildman–Crippen LogP) is 3.49. The van der Waals surface area contributed by atoms with Gasteiger partial charge < -0.3 is 24.6 Å². The molecular formula is C21H21FN6O4. The summed E-state index contributed by atoms with van der Waals surface area (Å²) in [6, 6.07) is 9.00. The number of hydrogen-bond donors (Lipinski definition) is 2. The van der Waals surface area contributed by atoms with Crippen LogP contribution in [0.3, 0.4) is 0 Å². The Balaban J connectivity index is 1.67. The molecule has 0 atom stereocenters. The van der Waals surface area contributed by atoms with Gasteiger partial charge in [0.05, 0.1) is 6.07 Å². The Morgan fingerprint density at radius 3 is 2.50 bits per heavy atom. The summed E-state index contributed by atoms with van der Waals surface area (Å²) in [7, 11) is 2.01. The van der Waals surface area contributed by atoms with Crippen LogP contribution in [0.25, 0.3) is 12.2 Å². The number of phenolic OH excluding ortho intramolecular Hbond substituents is 1. The molecule has 3 aromatic rings. The molecule has 2 N–H and O–H groups in total. The Hall–Kier alpha value is -3.99. The van der Waals surface area contributed by atoms with Gasteiger partial charge in [-0.25, -0.2) is 4.98 Å². The number of aromatic hydroxyl groups is 1. The van der Waals surface area contributed by atoms with Crippen molar-refractivity contribution < 1.29 is 18.8 Å². The SMILES string of the molecule is CN1CCN(c2c(F)nc(C=Cc3ccc([N+](=O)[O-])o3)nc2Nc2ccc(O)cc2)CC1. The first-order chi connectivity index (χ1) is 15.4. The van der Waals surface area contributed by atoms with E-state index in [-0.39, 0.29) is 28.8 Å². The van der Waals surface area contributed by atoms with E-state index in [1.165, 1.54) is 36.4 Å². The minimum Gasteiger partial charge on any atom is -0.508 e. The summed E-state index contributed by atoms with van der Waals surface area (Å²) in [5, 5.41) is 23.4. The summed E-state index contributed by atoms with van der Waals surface area (Å²) in [5.41, 5.74) is 0.879. The number of aromatic nitrogens is 2. The first-order valence-corrected chi connectivity index (χ1v) is 9.88. The van der Waals surface area contributed by atoms with Crippen LogP contribution < -0.4 is 10.2 Å². The molecule has 0 saturated carbocycles. The second-order valence-corrected chi connectivity index (χ2v) is 7.30. The standard InChI is InChI=1S/C21H21FN6O4/c1-26-10-12-27(13-11-26)19-20(22)24-17(8-6-16-7-9-18(32-16)28(30)31)25-21(19)23-14-2-4-15(29)5-3-14/h2-9,29H,10-13H2,1H3,(H,23,24,25). The van der Waals surface area contributed by atoms with Gasteiger partial charge in [-0.15, -0.1) is 0 Å². The van der Waals surface area contributed by atoms with E-state index in [9.17, 15) is 15.2 Å². The van der Waals surface area contributed by atoms with Gasteiger partial charge in [0.2, 0.25) is 5.95 Å². The highest BCUT2D eigenvalue weighted by atomic mass is 19.1. The van der Waals surface area contributed by atoms with Gasteiger partial charge in [0.1, 0.15) is 22.1 Å². The number of furan rings is 1. The lowest BCUT2D eigenvalue weighted by atomic mass is 10.2. The maximum absolute atomic E-state index is 15.2. The monoisotopic (exact) mass is 440 g/mol. The molecule has 32 heavy (non-hydrogen) atoms. The molecular weight excluding hydrogens is 419 g/mol. The number of hydrogen-bond acceptors (Lipinski definition) is 9. The van der Waals surface area contributed by atoms with Crippen LogP contribution in [0.5, 0.6) is 5.75 Å². The van der Waals surface area contributed by atoms with Crippen LogP contribution in [0.1, 0.15) is 11.6 Å². The third kappa shape index (κ3) is 4.83. The summed E-state index contributed by atoms with van der Waals surface area (Å²) < 4.78 is 20.2. The zero-order valence-electron chi connectivity index (χ0n) is 17.2. The fraction of sp³-hybridized carbons (Fsp3) is 0.238. The van der Waals surface area contributed by atoms with Crippen molar-refractivity contribution in [1.82, 2.24) is 14.9 Å². The van der Waals surface area contributed by atoms with Crippen molar-refractivity contribution in [2.45, 2.75) is 0 Å². The van der Waals surface area contributed by atoms with Crippen molar-refractivity contribution in [3.8, 4) is 5.75 Å². The van der Waals surface area contributed by atoms with Gasteiger partial charge in [-0.1, -0.05) is 0 Å². The Kier molecular flexibility index (Phi) is 5.99. The number of rotatable bonds is 6. The van der Waals surface area contributed by atoms with E-state index in [0.29, 0.717) is 18.8 Å². The quantitative estimate of drug-likeness (QED) is 0.257. The highest BCUT2D eigenvalue weighted by molar-refractivity contribution is 5.74. The van der Waals surface area contributed by atoms with Crippen LogP contribution in [-0.4, -0.2) is 58.1 Å². The summed E-state index contributed by atoms with van der Waals surface area (Å²) in [6.45, 7) is 2.78. The van der Waals surface area contributed by atoms with Crippen molar-refractivity contribution in [1.29, 1.82) is 0 Å². The van der Waals surface area contributed by atoms with Crippen LogP contribution in [-0.2, 0) is 0 Å². The van der Waals surface area contributed by atoms with Crippen molar-refractivity contribution in [3.05, 3.63) is 64.0 Å². The van der Waals surface area contributed by atoms with Crippen molar-refractivity contribution in [3.63, 3.8) is 0 Å². The molecule has 166 valence electrons. The molecule has 11 heteroatoms. The largest absolute Gasteiger partial charge is 0.508 e. The lowest BCUT2D eigenvalue weighted by molar-refractivity contribution is -0.402. The van der Waals surface area contributed by atoms with Crippen LogP contribution in [0.15, 0.2) is 40.8 Å². The van der Waals surface area contributed by atoms with Gasteiger partial charge in [-0.2, -0.15) is 9.37 Å². The number of halogens is 1. The predicted molar refractivity (Wildman–Crippen MR) is 117 cm³/mol. The lowest BCUT2D eigenvalue weighted by Gasteiger charge is -2.34. The average Bonchev–Trinajstić information content (AvgIpc) is 3.24. The molecule has 0 unspecified atom stereocenters. The van der Waals surface area contributed by atoms with E-state index in [1.807, 2.05) is 11.9 Å². The fourth-order valence-electron chi connectivity index (χ4n) is 3.28. The summed E-state index contributed by atoms with van der Waals surface area (Å²) >= 11 is 0. The molecule has 0 radical (unpaired) electrons. The van der Waals surface area contributed by atoms with E-state index in [1.54, 1.807) is 12.1 Å². The van der Waals surface area contributed by atoms with Gasteiger partial charge in [-0.3, -0.25) is 10.1 Å². The summed E-state index contributed by atoms with van der Waals surface area (Å²) in [4.78, 5) is 22.6. The molecule has 4 rings (SSSR count). The number of anilines is 3. The van der Waals surface area contributed by atoms with E-state index in [0.717, 1.165) is 13.1 Å². The Bertz CT molecular complexity index is 1140. The molecule has 1 aliphatic heterocycles. The third-order valence-electron chi connectivity index (χ3n) is 5.00. The molecule has 1 aromatic carbocycles. The highest BCUT2D eigenvalue weighted by Gasteiger charge is 2.23. The number of phenols is 1. The van der Waals surface area contributed by atoms with Gasteiger partial charge in [0.15, 0.2) is 11.6 Å². The van der Waals surface area contributed by atoms with E-state index in [4.69, 9.17) is 4.42 Å². The topological polar surface area (TPSA) is 121 Å². The van der Waals surface area contributed by atoms with Crippen molar-refractivity contribution in [2.75, 3.05) is 43.4 Å². The third-order valence-corrected chi connectivity index (χ3v) is 5.00. The first-order valence-electron chi connectivity index (χ1n) is 9.88. The number of piperazine rings is 1. The average molecular weight is 440 g/mol. The summed E-state index contributed by atoms with van der Waals surface area (Å²) in [5.74, 6) is -0.400. The highest BCUT2D eigenvalue weighted by Crippen LogP contribution is 2.31. The number of nitrogens with one attached hydrogen (secondary N) is 1. The molecule has 0 amide bonds. The minimum absolute atomic E-state index is 0.0701. The molecule has 0 aliphatic carbocycles. The Morgan fingerprint density at radius 1 is 1.12 bits per heavy atom. The van der Waals surface area contributed by atoms with Crippen molar-refractivity contribution in [2.24, 2.45) is 0 Å². The summed E-state index contributed by atoms with van der Waals surface area (Å²) in [6.07, 6.45) is 2.85. The molecule has 1 aliphatic rings. The maximum Gasteiger partial charge on any atom is 0.433 e. The van der Waals surface area contributed by atoms with E-state index >= 15 is 4.39 Å². The normalized spacial score (nSPS) is 14.8. The number of nitro groups is 1. The first kappa shape index (κ1) is 21.2. The number of nitrogens with zero attached hydrogens (tertiary/aromatic N) is 5. The number of benzene rings is 1. The van der Waals surface area contributed by atoms with Gasteiger partial charge >= 0.3 is 5.88 Å². The van der Waals surface area contributed by atoms with Gasteiger partial charge in [0.25, 0.3) is 0 Å². The molecule has 0 spiro atoms. The smallest absolute Gasteiger partial charge is 0.433 e. The van der Waals surface area contributed by atoms with Crippen LogP contribution in [0.4, 0.5) is 27.5 Å². The number of likely N-dealkylation sites (N-methyl/N-ethyl adjacent to an activating group) is 1. The fourth-order valence-corrected chi connectivity index (χ4v) is 3.28. The molecule has 0 bridgehead atoms. The zero-order chi connectivity index (χ0) is 22.7. The molecule has 3 heterocycles. The van der Waals surface area contributed by atoms with E-state index in [2.05, 4.69) is 20.2 Å². The Morgan fingerprint density at radius 2 is 1.84 bits per heavy atom. The van der Waals surface area contributed by atoms with Crippen molar-refractivity contribution >= 4 is 35.2 Å². The van der Waals surface area contributed by atoms with Crippen LogP contribution in [0.2, 0.25) is 0 Å². The van der Waals surface area contributed by atoms with Gasteiger partial charge in [0, 0.05) is 31.9 Å². The molecule has 1 saturated heterocycles. The lowest BCUT2D eigenvalue weighted by Crippen LogP contribution is -2.45. The molecule has 1 fully saturated rings. The molecule has 10 nitrogen and oxygen atoms in total. The molecule has 2 aromatic heterocycles. The second kappa shape index (κ2) is 9.02. The Labute approximate surface area is 182 Å². The minimum atomic E-state index is -0.684. The maximum atomic E-state index is 15.2. The van der Waals surface area contributed by atoms with Gasteiger partial charge in [-0.05, 0) is 49.5 Å². The van der Waals surface area contributed by atoms with Crippen LogP contribution >= 0.6 is 0 Å².